The van der Waals surface area contributed by atoms with Crippen LogP contribution in [0.1, 0.15) is 53.4 Å². The fraction of sp³-hybridized carbons (Fsp3) is 0.929. The maximum absolute atomic E-state index is 4.99. The van der Waals surface area contributed by atoms with Crippen molar-refractivity contribution in [3.05, 3.63) is 0 Å². The quantitative estimate of drug-likeness (QED) is 0.772. The van der Waals surface area contributed by atoms with Crippen LogP contribution in [0.3, 0.4) is 0 Å². The number of aliphatic imine (C=N–C) groups is 1. The molecule has 0 spiro atoms. The largest absolute Gasteiger partial charge is 0.360 e. The van der Waals surface area contributed by atoms with Gasteiger partial charge in [-0.25, -0.2) is 0 Å². The third-order valence-electron chi connectivity index (χ3n) is 4.36. The van der Waals surface area contributed by atoms with Crippen molar-refractivity contribution in [2.45, 2.75) is 65.0 Å². The Kier molecular flexibility index (Phi) is 4.06. The molecule has 1 saturated carbocycles. The lowest BCUT2D eigenvalue weighted by atomic mass is 9.78. The minimum Gasteiger partial charge on any atom is -0.360 e. The first-order chi connectivity index (χ1) is 7.98. The monoisotopic (exact) mass is 254 g/mol. The van der Waals surface area contributed by atoms with Crippen LogP contribution < -0.4 is 5.32 Å². The van der Waals surface area contributed by atoms with E-state index in [0.29, 0.717) is 6.04 Å². The van der Waals surface area contributed by atoms with Crippen molar-refractivity contribution in [2.75, 3.05) is 5.75 Å². The summed E-state index contributed by atoms with van der Waals surface area (Å²) in [4.78, 5) is 4.99. The molecule has 1 saturated heterocycles. The summed E-state index contributed by atoms with van der Waals surface area (Å²) in [6.07, 6.45) is 5.24. The first-order valence-corrected chi connectivity index (χ1v) is 7.95. The summed E-state index contributed by atoms with van der Waals surface area (Å²) in [5.74, 6) is 2.78. The Labute approximate surface area is 110 Å². The van der Waals surface area contributed by atoms with Gasteiger partial charge in [0, 0.05) is 11.3 Å². The van der Waals surface area contributed by atoms with E-state index in [1.165, 1.54) is 36.6 Å². The van der Waals surface area contributed by atoms with E-state index in [4.69, 9.17) is 4.99 Å². The van der Waals surface area contributed by atoms with E-state index in [2.05, 4.69) is 33.0 Å². The van der Waals surface area contributed by atoms with Gasteiger partial charge in [0.2, 0.25) is 0 Å². The summed E-state index contributed by atoms with van der Waals surface area (Å²) in [7, 11) is 0. The van der Waals surface area contributed by atoms with Gasteiger partial charge in [-0.05, 0) is 38.5 Å². The van der Waals surface area contributed by atoms with Crippen LogP contribution in [0, 0.1) is 11.8 Å². The number of nitrogens with one attached hydrogen (secondary N) is 1. The van der Waals surface area contributed by atoms with Crippen LogP contribution in [0.25, 0.3) is 0 Å². The average molecular weight is 254 g/mol. The van der Waals surface area contributed by atoms with Crippen molar-refractivity contribution in [3.8, 4) is 0 Å². The van der Waals surface area contributed by atoms with Crippen molar-refractivity contribution in [1.82, 2.24) is 5.32 Å². The van der Waals surface area contributed by atoms with E-state index >= 15 is 0 Å². The normalized spacial score (nSPS) is 40.0. The van der Waals surface area contributed by atoms with Crippen LogP contribution in [0.15, 0.2) is 4.99 Å². The topological polar surface area (TPSA) is 24.4 Å². The molecule has 3 unspecified atom stereocenters. The summed E-state index contributed by atoms with van der Waals surface area (Å²) in [6, 6.07) is 0.544. The van der Waals surface area contributed by atoms with Crippen LogP contribution in [0.2, 0.25) is 0 Å². The Hall–Kier alpha value is -0.180. The van der Waals surface area contributed by atoms with Crippen LogP contribution in [0.4, 0.5) is 0 Å². The molecule has 0 radical (unpaired) electrons. The van der Waals surface area contributed by atoms with Gasteiger partial charge in [0.1, 0.15) is 0 Å². The second kappa shape index (κ2) is 5.21. The van der Waals surface area contributed by atoms with E-state index < -0.39 is 0 Å². The molecule has 0 bridgehead atoms. The Morgan fingerprint density at radius 1 is 1.29 bits per heavy atom. The van der Waals surface area contributed by atoms with E-state index in [1.807, 2.05) is 11.8 Å². The molecule has 98 valence electrons. The highest BCUT2D eigenvalue weighted by molar-refractivity contribution is 8.13. The molecule has 3 heteroatoms. The number of nitrogens with zero attached hydrogens (tertiary/aromatic N) is 1. The molecule has 0 aromatic rings. The number of amidine groups is 1. The molecule has 1 heterocycles. The van der Waals surface area contributed by atoms with Gasteiger partial charge in [0.15, 0.2) is 5.17 Å². The zero-order chi connectivity index (χ0) is 12.5. The van der Waals surface area contributed by atoms with Gasteiger partial charge in [-0.2, -0.15) is 0 Å². The second-order valence-corrected chi connectivity index (χ2v) is 7.46. The minimum atomic E-state index is 0.230. The van der Waals surface area contributed by atoms with Crippen molar-refractivity contribution in [2.24, 2.45) is 16.8 Å². The standard InChI is InChI=1S/C14H26N2S/c1-10-6-5-7-12(11(10)2)15-13-16-14(3,4)8-9-17-13/h10-12H,5-9H2,1-4H3,(H,15,16). The number of hydrogen-bond acceptors (Lipinski definition) is 2. The molecule has 0 aromatic carbocycles. The van der Waals surface area contributed by atoms with E-state index in [0.717, 1.165) is 11.8 Å². The zero-order valence-electron chi connectivity index (χ0n) is 11.6. The minimum absolute atomic E-state index is 0.230. The van der Waals surface area contributed by atoms with E-state index in [9.17, 15) is 0 Å². The summed E-state index contributed by atoms with van der Waals surface area (Å²) in [6.45, 7) is 9.30. The lowest BCUT2D eigenvalue weighted by molar-refractivity contribution is 0.241. The van der Waals surface area contributed by atoms with Gasteiger partial charge < -0.3 is 5.32 Å². The Morgan fingerprint density at radius 2 is 2.06 bits per heavy atom. The van der Waals surface area contributed by atoms with Gasteiger partial charge >= 0.3 is 0 Å². The first kappa shape index (κ1) is 13.3. The highest BCUT2D eigenvalue weighted by Gasteiger charge is 2.29. The van der Waals surface area contributed by atoms with Crippen molar-refractivity contribution in [3.63, 3.8) is 0 Å². The lowest BCUT2D eigenvalue weighted by Gasteiger charge is -2.35. The van der Waals surface area contributed by atoms with Gasteiger partial charge in [-0.1, -0.05) is 38.5 Å². The zero-order valence-corrected chi connectivity index (χ0v) is 12.4. The molecule has 2 rings (SSSR count). The lowest BCUT2D eigenvalue weighted by Crippen LogP contribution is -2.46. The van der Waals surface area contributed by atoms with Crippen molar-refractivity contribution >= 4 is 16.9 Å². The van der Waals surface area contributed by atoms with Crippen LogP contribution in [0.5, 0.6) is 0 Å². The molecule has 1 aliphatic heterocycles. The van der Waals surface area contributed by atoms with Gasteiger partial charge in [0.05, 0.1) is 6.04 Å². The fourth-order valence-electron chi connectivity index (χ4n) is 2.75. The highest BCUT2D eigenvalue weighted by Crippen LogP contribution is 2.32. The molecule has 0 aromatic heterocycles. The second-order valence-electron chi connectivity index (χ2n) is 6.38. The molecular weight excluding hydrogens is 228 g/mol. The average Bonchev–Trinajstić information content (AvgIpc) is 2.23. The molecule has 17 heavy (non-hydrogen) atoms. The number of thioether (sulfide) groups is 1. The smallest absolute Gasteiger partial charge is 0.157 e. The van der Waals surface area contributed by atoms with Gasteiger partial charge in [-0.3, -0.25) is 4.99 Å². The molecule has 2 nitrogen and oxygen atoms in total. The van der Waals surface area contributed by atoms with Crippen molar-refractivity contribution < 1.29 is 0 Å². The molecule has 2 fully saturated rings. The third kappa shape index (κ3) is 3.40. The summed E-state index contributed by atoms with van der Waals surface area (Å²) in [5, 5.41) is 4.78. The van der Waals surface area contributed by atoms with Crippen LogP contribution >= 0.6 is 11.8 Å². The Balaban J connectivity index is 2.02. The fourth-order valence-corrected chi connectivity index (χ4v) is 4.11. The molecule has 1 N–H and O–H groups in total. The predicted molar refractivity (Wildman–Crippen MR) is 77.7 cm³/mol. The summed E-state index contributed by atoms with van der Waals surface area (Å²) < 4.78 is 0. The molecule has 1 aliphatic carbocycles. The van der Waals surface area contributed by atoms with Crippen LogP contribution in [-0.2, 0) is 0 Å². The van der Waals surface area contributed by atoms with Gasteiger partial charge in [-0.15, -0.1) is 0 Å². The predicted octanol–water partition coefficient (Wildman–Crippen LogP) is 3.67. The number of hydrogen-bond donors (Lipinski definition) is 1. The Bertz CT molecular complexity index is 299. The SMILES string of the molecule is CC1CCCC(N=C2NC(C)(C)CCS2)C1C. The van der Waals surface area contributed by atoms with E-state index in [-0.39, 0.29) is 5.54 Å². The maximum atomic E-state index is 4.99. The first-order valence-electron chi connectivity index (χ1n) is 6.97. The molecule has 3 atom stereocenters. The highest BCUT2D eigenvalue weighted by atomic mass is 32.2. The van der Waals surface area contributed by atoms with Gasteiger partial charge in [0.25, 0.3) is 0 Å². The summed E-state index contributed by atoms with van der Waals surface area (Å²) in [5.41, 5.74) is 0.230. The number of rotatable bonds is 1. The molecule has 0 amide bonds. The Morgan fingerprint density at radius 3 is 2.76 bits per heavy atom. The van der Waals surface area contributed by atoms with E-state index in [1.54, 1.807) is 0 Å². The van der Waals surface area contributed by atoms with Crippen molar-refractivity contribution in [1.29, 1.82) is 0 Å². The third-order valence-corrected chi connectivity index (χ3v) is 5.25. The summed E-state index contributed by atoms with van der Waals surface area (Å²) >= 11 is 1.90. The molecule has 2 aliphatic rings. The molecular formula is C14H26N2S. The van der Waals surface area contributed by atoms with Crippen LogP contribution in [-0.4, -0.2) is 22.5 Å². The maximum Gasteiger partial charge on any atom is 0.157 e.